The highest BCUT2D eigenvalue weighted by Gasteiger charge is 2.31. The number of rotatable bonds is 9. The third-order valence-electron chi connectivity index (χ3n) is 5.96. The average molecular weight is 468 g/mol. The summed E-state index contributed by atoms with van der Waals surface area (Å²) in [5, 5.41) is 14.9. The summed E-state index contributed by atoms with van der Waals surface area (Å²) in [4.78, 5) is 28.7. The minimum Gasteiger partial charge on any atom is -0.371 e. The Morgan fingerprint density at radius 1 is 0.800 bits per heavy atom. The van der Waals surface area contributed by atoms with E-state index in [0.717, 1.165) is 17.1 Å². The maximum absolute atomic E-state index is 12.4. The van der Waals surface area contributed by atoms with Crippen molar-refractivity contribution in [3.8, 4) is 5.69 Å². The number of H-pyrrole nitrogens is 1. The van der Waals surface area contributed by atoms with Gasteiger partial charge in [0.05, 0.1) is 5.69 Å². The van der Waals surface area contributed by atoms with E-state index in [0.29, 0.717) is 31.8 Å². The molecule has 176 valence electrons. The lowest BCUT2D eigenvalue weighted by Gasteiger charge is -2.28. The fraction of sp³-hybridized carbons (Fsp3) is 0.192. The number of nitrogens with zero attached hydrogens (tertiary/aromatic N) is 6. The molecule has 0 saturated carbocycles. The van der Waals surface area contributed by atoms with Crippen LogP contribution in [0.25, 0.3) is 5.69 Å². The zero-order valence-corrected chi connectivity index (χ0v) is 19.1. The van der Waals surface area contributed by atoms with E-state index in [1.54, 1.807) is 9.47 Å². The van der Waals surface area contributed by atoms with Crippen LogP contribution in [0.2, 0.25) is 0 Å². The molecule has 9 heteroatoms. The Balaban J connectivity index is 1.33. The minimum atomic E-state index is -0.371. The second kappa shape index (κ2) is 10.2. The number of azo groups is 1. The first kappa shape index (κ1) is 22.3. The van der Waals surface area contributed by atoms with Crippen molar-refractivity contribution in [3.63, 3.8) is 0 Å². The Morgan fingerprint density at radius 2 is 1.43 bits per heavy atom. The summed E-state index contributed by atoms with van der Waals surface area (Å²) in [6, 6.07) is 28.6. The summed E-state index contributed by atoms with van der Waals surface area (Å²) in [5.41, 5.74) is 2.34. The van der Waals surface area contributed by atoms with E-state index < -0.39 is 0 Å². The summed E-state index contributed by atoms with van der Waals surface area (Å²) in [5.74, 6) is 0.656. The van der Waals surface area contributed by atoms with Crippen LogP contribution in [0.3, 0.4) is 0 Å². The topological polar surface area (TPSA) is 99.0 Å². The second-order valence-corrected chi connectivity index (χ2v) is 8.16. The highest BCUT2D eigenvalue weighted by molar-refractivity contribution is 5.94. The van der Waals surface area contributed by atoms with Crippen LogP contribution >= 0.6 is 0 Å². The Kier molecular flexibility index (Phi) is 6.47. The molecule has 0 fully saturated rings. The zero-order chi connectivity index (χ0) is 24.0. The molecule has 0 spiro atoms. The first-order valence-electron chi connectivity index (χ1n) is 11.5. The van der Waals surface area contributed by atoms with Crippen LogP contribution in [0.5, 0.6) is 0 Å². The van der Waals surface area contributed by atoms with Crippen molar-refractivity contribution in [1.82, 2.24) is 14.8 Å². The predicted octanol–water partition coefficient (Wildman–Crippen LogP) is 4.42. The van der Waals surface area contributed by atoms with Crippen molar-refractivity contribution in [1.29, 1.82) is 0 Å². The number of benzene rings is 3. The lowest BCUT2D eigenvalue weighted by molar-refractivity contribution is 0.255. The van der Waals surface area contributed by atoms with Crippen LogP contribution < -0.4 is 15.5 Å². The van der Waals surface area contributed by atoms with Crippen LogP contribution in [-0.4, -0.2) is 40.1 Å². The number of urea groups is 1. The van der Waals surface area contributed by atoms with E-state index >= 15 is 0 Å². The van der Waals surface area contributed by atoms with Crippen molar-refractivity contribution in [2.75, 3.05) is 22.9 Å². The van der Waals surface area contributed by atoms with Gasteiger partial charge in [-0.05, 0) is 36.4 Å². The molecule has 0 bridgehead atoms. The van der Waals surface area contributed by atoms with Crippen LogP contribution in [0, 0.1) is 0 Å². The van der Waals surface area contributed by atoms with Gasteiger partial charge < -0.3 is 4.90 Å². The van der Waals surface area contributed by atoms with Crippen LogP contribution in [0.4, 0.5) is 16.2 Å². The zero-order valence-electron chi connectivity index (χ0n) is 19.1. The van der Waals surface area contributed by atoms with E-state index in [-0.39, 0.29) is 17.9 Å². The van der Waals surface area contributed by atoms with E-state index in [1.807, 2.05) is 91.0 Å². The van der Waals surface area contributed by atoms with Gasteiger partial charge in [0.1, 0.15) is 5.82 Å². The number of anilines is 2. The number of nitrogens with one attached hydrogen (secondary N) is 1. The Morgan fingerprint density at radius 3 is 2.11 bits per heavy atom. The molecule has 1 N–H and O–H groups in total. The number of para-hydroxylation sites is 3. The van der Waals surface area contributed by atoms with Gasteiger partial charge in [0.2, 0.25) is 0 Å². The molecule has 35 heavy (non-hydrogen) atoms. The largest absolute Gasteiger partial charge is 0.371 e. The average Bonchev–Trinajstić information content (AvgIpc) is 3.47. The minimum absolute atomic E-state index is 0.263. The molecule has 1 aliphatic rings. The molecule has 1 atom stereocenters. The van der Waals surface area contributed by atoms with E-state index in [1.165, 1.54) is 0 Å². The van der Waals surface area contributed by atoms with Gasteiger partial charge in [-0.3, -0.25) is 4.90 Å². The summed E-state index contributed by atoms with van der Waals surface area (Å²) in [6.07, 6.45) is 0.783. The molecule has 0 radical (unpaired) electrons. The van der Waals surface area contributed by atoms with Crippen LogP contribution in [0.1, 0.15) is 12.2 Å². The maximum atomic E-state index is 12.4. The third kappa shape index (κ3) is 4.89. The second-order valence-electron chi connectivity index (χ2n) is 8.16. The standard InChI is InChI=1S/C26H25N7O2/c34-25-29-27-23(32(25)21-12-6-2-7-13-21)16-18-31(20-10-4-1-5-11-20)19-17-24-28-30-26(35)33(24)22-14-8-3-9-15-22/h1-15,23H,16-19H2,(H,30,35). The first-order chi connectivity index (χ1) is 17.2. The molecule has 0 saturated heterocycles. The quantitative estimate of drug-likeness (QED) is 0.394. The number of amides is 2. The lowest BCUT2D eigenvalue weighted by atomic mass is 10.2. The van der Waals surface area contributed by atoms with Gasteiger partial charge >= 0.3 is 11.7 Å². The van der Waals surface area contributed by atoms with Gasteiger partial charge in [0.15, 0.2) is 6.17 Å². The van der Waals surface area contributed by atoms with Crippen LogP contribution in [0.15, 0.2) is 106 Å². The van der Waals surface area contributed by atoms with E-state index in [2.05, 4.69) is 25.3 Å². The fourth-order valence-corrected chi connectivity index (χ4v) is 4.26. The SMILES string of the molecule is O=C1N=NC(CCN(CCc2n[nH]c(=O)n2-c2ccccc2)c2ccccc2)N1c1ccccc1. The molecule has 1 unspecified atom stereocenters. The van der Waals surface area contributed by atoms with Gasteiger partial charge in [-0.15, -0.1) is 0 Å². The van der Waals surface area contributed by atoms with Gasteiger partial charge in [-0.25, -0.2) is 19.3 Å². The normalized spacial score (nSPS) is 15.0. The molecule has 0 aliphatic carbocycles. The van der Waals surface area contributed by atoms with Crippen molar-refractivity contribution >= 4 is 17.4 Å². The van der Waals surface area contributed by atoms with Crippen LogP contribution in [-0.2, 0) is 6.42 Å². The molecular formula is C26H25N7O2. The Bertz CT molecular complexity index is 1350. The Hall–Kier alpha value is -4.53. The number of aromatic amines is 1. The maximum Gasteiger partial charge on any atom is 0.368 e. The molecule has 2 amide bonds. The fourth-order valence-electron chi connectivity index (χ4n) is 4.26. The van der Waals surface area contributed by atoms with E-state index in [4.69, 9.17) is 0 Å². The molecule has 3 aromatic carbocycles. The summed E-state index contributed by atoms with van der Waals surface area (Å²) < 4.78 is 1.60. The highest BCUT2D eigenvalue weighted by Crippen LogP contribution is 2.26. The number of hydrogen-bond acceptors (Lipinski definition) is 5. The number of carbonyl (C=O) groups is 1. The number of aromatic nitrogens is 3. The molecular weight excluding hydrogens is 442 g/mol. The van der Waals surface area contributed by atoms with Crippen molar-refractivity contribution in [2.24, 2.45) is 10.2 Å². The number of hydrogen-bond donors (Lipinski definition) is 1. The van der Waals surface area contributed by atoms with Gasteiger partial charge in [0.25, 0.3) is 0 Å². The summed E-state index contributed by atoms with van der Waals surface area (Å²) in [6.45, 7) is 1.27. The van der Waals surface area contributed by atoms with Gasteiger partial charge in [-0.2, -0.15) is 10.2 Å². The Labute approximate surface area is 202 Å². The third-order valence-corrected chi connectivity index (χ3v) is 5.96. The lowest BCUT2D eigenvalue weighted by Crippen LogP contribution is -2.37. The van der Waals surface area contributed by atoms with Gasteiger partial charge in [-0.1, -0.05) is 59.7 Å². The smallest absolute Gasteiger partial charge is 0.368 e. The van der Waals surface area contributed by atoms with Crippen molar-refractivity contribution in [2.45, 2.75) is 19.0 Å². The van der Waals surface area contributed by atoms with Crippen molar-refractivity contribution < 1.29 is 4.79 Å². The summed E-state index contributed by atoms with van der Waals surface area (Å²) >= 11 is 0. The number of carbonyl (C=O) groups excluding carboxylic acids is 1. The molecule has 9 nitrogen and oxygen atoms in total. The highest BCUT2D eigenvalue weighted by atomic mass is 16.2. The monoisotopic (exact) mass is 467 g/mol. The van der Waals surface area contributed by atoms with Crippen molar-refractivity contribution in [3.05, 3.63) is 107 Å². The van der Waals surface area contributed by atoms with E-state index in [9.17, 15) is 9.59 Å². The molecule has 2 heterocycles. The molecule has 5 rings (SSSR count). The molecule has 1 aliphatic heterocycles. The first-order valence-corrected chi connectivity index (χ1v) is 11.5. The molecule has 4 aromatic rings. The molecule has 1 aromatic heterocycles. The van der Waals surface area contributed by atoms with Gasteiger partial charge in [0, 0.05) is 37.3 Å². The summed E-state index contributed by atoms with van der Waals surface area (Å²) in [7, 11) is 0. The predicted molar refractivity (Wildman–Crippen MR) is 134 cm³/mol.